The Balaban J connectivity index is 2.29. The second kappa shape index (κ2) is 2.11. The van der Waals surface area contributed by atoms with Gasteiger partial charge in [0.1, 0.15) is 12.2 Å². The summed E-state index contributed by atoms with van der Waals surface area (Å²) < 4.78 is 30.3. The van der Waals surface area contributed by atoms with Crippen molar-refractivity contribution in [3.63, 3.8) is 0 Å². The third-order valence-corrected chi connectivity index (χ3v) is 1.93. The van der Waals surface area contributed by atoms with E-state index >= 15 is 0 Å². The van der Waals surface area contributed by atoms with Crippen LogP contribution in [0.4, 0.5) is 8.78 Å². The van der Waals surface area contributed by atoms with Gasteiger partial charge in [0.15, 0.2) is 12.3 Å². The van der Waals surface area contributed by atoms with Crippen LogP contribution in [0.2, 0.25) is 0 Å². The van der Waals surface area contributed by atoms with E-state index in [0.29, 0.717) is 0 Å². The highest BCUT2D eigenvalue weighted by Gasteiger charge is 2.46. The molecule has 1 saturated heterocycles. The van der Waals surface area contributed by atoms with Crippen LogP contribution >= 0.6 is 0 Å². The predicted molar refractivity (Wildman–Crippen MR) is 32.6 cm³/mol. The molecular weight excluding hydrogens is 154 g/mol. The van der Waals surface area contributed by atoms with E-state index in [1.54, 1.807) is 0 Å². The Morgan fingerprint density at radius 2 is 1.64 bits per heavy atom. The second-order valence-corrected chi connectivity index (χ2v) is 2.66. The van der Waals surface area contributed by atoms with Crippen LogP contribution in [0.25, 0.3) is 0 Å². The number of hydrogen-bond acceptors (Lipinski definition) is 2. The molecule has 0 aromatic heterocycles. The van der Waals surface area contributed by atoms with Gasteiger partial charge in [0, 0.05) is 0 Å². The van der Waals surface area contributed by atoms with Gasteiger partial charge in [0.2, 0.25) is 5.78 Å². The summed E-state index contributed by atoms with van der Waals surface area (Å²) >= 11 is 0. The van der Waals surface area contributed by atoms with Crippen LogP contribution in [0.3, 0.4) is 0 Å². The monoisotopic (exact) mass is 160 g/mol. The minimum absolute atomic E-state index is 0.848. The van der Waals surface area contributed by atoms with Crippen molar-refractivity contribution in [1.29, 1.82) is 0 Å². The van der Waals surface area contributed by atoms with E-state index < -0.39 is 30.3 Å². The Labute approximate surface area is 61.8 Å². The molecule has 0 aromatic carbocycles. The lowest BCUT2D eigenvalue weighted by Gasteiger charge is -2.25. The summed E-state index contributed by atoms with van der Waals surface area (Å²) in [6.07, 6.45) is -2.54. The fraction of sp³-hybridized carbons (Fsp3) is 0.571. The Hall–Kier alpha value is -0.770. The maximum atomic E-state index is 12.8. The molecule has 4 heteroatoms. The first-order valence-corrected chi connectivity index (χ1v) is 3.36. The lowest BCUT2D eigenvalue weighted by Crippen LogP contribution is -2.46. The van der Waals surface area contributed by atoms with Crippen molar-refractivity contribution in [2.75, 3.05) is 0 Å². The molecule has 2 nitrogen and oxygen atoms in total. The number of rotatable bonds is 0. The normalized spacial score (nSPS) is 48.4. The average molecular weight is 160 g/mol. The summed E-state index contributed by atoms with van der Waals surface area (Å²) in [7, 11) is 0. The van der Waals surface area contributed by atoms with Gasteiger partial charge in [-0.1, -0.05) is 12.2 Å². The number of carbonyl (C=O) groups excluding carboxylic acids is 1. The van der Waals surface area contributed by atoms with E-state index in [-0.39, 0.29) is 0 Å². The molecule has 60 valence electrons. The van der Waals surface area contributed by atoms with Crippen LogP contribution in [0.5, 0.6) is 0 Å². The van der Waals surface area contributed by atoms with Gasteiger partial charge >= 0.3 is 0 Å². The highest BCUT2D eigenvalue weighted by molar-refractivity contribution is 5.90. The third kappa shape index (κ3) is 0.822. The average Bonchev–Trinajstić information content (AvgIpc) is 2.44. The van der Waals surface area contributed by atoms with Gasteiger partial charge < -0.3 is 4.74 Å². The molecule has 2 aliphatic rings. The van der Waals surface area contributed by atoms with E-state index in [2.05, 4.69) is 0 Å². The molecule has 4 unspecified atom stereocenters. The molecule has 0 saturated carbocycles. The Morgan fingerprint density at radius 1 is 1.18 bits per heavy atom. The van der Waals surface area contributed by atoms with Gasteiger partial charge in [0.05, 0.1) is 0 Å². The van der Waals surface area contributed by atoms with Crippen molar-refractivity contribution in [1.82, 2.24) is 0 Å². The van der Waals surface area contributed by atoms with Crippen LogP contribution in [-0.2, 0) is 9.53 Å². The predicted octanol–water partition coefficient (Wildman–Crippen LogP) is 0.569. The first-order valence-electron chi connectivity index (χ1n) is 3.36. The molecule has 0 aromatic rings. The van der Waals surface area contributed by atoms with Gasteiger partial charge in [-0.3, -0.25) is 4.79 Å². The first-order chi connectivity index (χ1) is 5.20. The Morgan fingerprint density at radius 3 is 2.09 bits per heavy atom. The summed E-state index contributed by atoms with van der Waals surface area (Å²) in [5, 5.41) is 0. The zero-order valence-corrected chi connectivity index (χ0v) is 5.54. The second-order valence-electron chi connectivity index (χ2n) is 2.66. The summed E-state index contributed by atoms with van der Waals surface area (Å²) in [6, 6.07) is 0. The van der Waals surface area contributed by atoms with E-state index in [4.69, 9.17) is 4.74 Å². The SMILES string of the molecule is O=C1C(F)C2C=CC(O2)C1F. The quantitative estimate of drug-likeness (QED) is 0.484. The molecule has 11 heavy (non-hydrogen) atoms. The molecule has 0 N–H and O–H groups in total. The minimum Gasteiger partial charge on any atom is -0.360 e. The summed E-state index contributed by atoms with van der Waals surface area (Å²) in [4.78, 5) is 10.7. The smallest absolute Gasteiger partial charge is 0.206 e. The van der Waals surface area contributed by atoms with Crippen molar-refractivity contribution in [3.8, 4) is 0 Å². The van der Waals surface area contributed by atoms with E-state index in [1.807, 2.05) is 0 Å². The number of Topliss-reactive ketones (excluding diaryl/α,β-unsaturated/α-hetero) is 1. The summed E-state index contributed by atoms with van der Waals surface area (Å²) in [5.41, 5.74) is 0. The Bertz CT molecular complexity index is 206. The first kappa shape index (κ1) is 6.91. The fourth-order valence-corrected chi connectivity index (χ4v) is 1.30. The summed E-state index contributed by atoms with van der Waals surface area (Å²) in [6.45, 7) is 0. The Kier molecular flexibility index (Phi) is 1.32. The van der Waals surface area contributed by atoms with Gasteiger partial charge in [0.25, 0.3) is 0 Å². The molecule has 0 aliphatic carbocycles. The number of ketones is 1. The van der Waals surface area contributed by atoms with Crippen LogP contribution in [0.1, 0.15) is 0 Å². The molecular formula is C7H6F2O2. The van der Waals surface area contributed by atoms with Gasteiger partial charge in [-0.2, -0.15) is 0 Å². The topological polar surface area (TPSA) is 26.3 Å². The van der Waals surface area contributed by atoms with Gasteiger partial charge in [-0.25, -0.2) is 8.78 Å². The highest BCUT2D eigenvalue weighted by atomic mass is 19.1. The minimum atomic E-state index is -1.82. The lowest BCUT2D eigenvalue weighted by molar-refractivity contribution is -0.148. The maximum Gasteiger partial charge on any atom is 0.206 e. The maximum absolute atomic E-state index is 12.8. The van der Waals surface area contributed by atoms with Crippen molar-refractivity contribution < 1.29 is 18.3 Å². The molecule has 2 rings (SSSR count). The molecule has 2 aliphatic heterocycles. The van der Waals surface area contributed by atoms with Crippen LogP contribution in [-0.4, -0.2) is 30.3 Å². The molecule has 2 bridgehead atoms. The molecule has 4 atom stereocenters. The number of alkyl halides is 2. The van der Waals surface area contributed by atoms with E-state index in [9.17, 15) is 13.6 Å². The van der Waals surface area contributed by atoms with Crippen LogP contribution in [0, 0.1) is 0 Å². The molecule has 0 spiro atoms. The zero-order valence-electron chi connectivity index (χ0n) is 5.54. The third-order valence-electron chi connectivity index (χ3n) is 1.93. The number of hydrogen-bond donors (Lipinski definition) is 0. The largest absolute Gasteiger partial charge is 0.360 e. The fourth-order valence-electron chi connectivity index (χ4n) is 1.30. The number of fused-ring (bicyclic) bond motifs is 2. The van der Waals surface area contributed by atoms with Crippen LogP contribution in [0.15, 0.2) is 12.2 Å². The van der Waals surface area contributed by atoms with Gasteiger partial charge in [-0.05, 0) is 0 Å². The van der Waals surface area contributed by atoms with Crippen molar-refractivity contribution >= 4 is 5.78 Å². The number of ether oxygens (including phenoxy) is 1. The van der Waals surface area contributed by atoms with Crippen molar-refractivity contribution in [3.05, 3.63) is 12.2 Å². The molecule has 0 radical (unpaired) electrons. The number of halogens is 2. The highest BCUT2D eigenvalue weighted by Crippen LogP contribution is 2.28. The van der Waals surface area contributed by atoms with Gasteiger partial charge in [-0.15, -0.1) is 0 Å². The molecule has 2 heterocycles. The lowest BCUT2D eigenvalue weighted by atomic mass is 10.0. The van der Waals surface area contributed by atoms with E-state index in [1.165, 1.54) is 12.2 Å². The van der Waals surface area contributed by atoms with Crippen molar-refractivity contribution in [2.24, 2.45) is 0 Å². The summed E-state index contributed by atoms with van der Waals surface area (Å²) in [5.74, 6) is -0.990. The van der Waals surface area contributed by atoms with E-state index in [0.717, 1.165) is 0 Å². The molecule has 1 fully saturated rings. The van der Waals surface area contributed by atoms with Crippen LogP contribution < -0.4 is 0 Å². The number of carbonyl (C=O) groups is 1. The molecule has 0 amide bonds. The van der Waals surface area contributed by atoms with Crippen molar-refractivity contribution in [2.45, 2.75) is 24.6 Å². The zero-order chi connectivity index (χ0) is 8.01. The standard InChI is InChI=1S/C7H6F2O2/c8-5-3-1-2-4(11-3)6(9)7(5)10/h1-6H.